The number of carboxylic acids is 1. The van der Waals surface area contributed by atoms with E-state index in [1.807, 2.05) is 6.07 Å². The molecule has 176 valence electrons. The van der Waals surface area contributed by atoms with E-state index in [0.29, 0.717) is 52.3 Å². The van der Waals surface area contributed by atoms with E-state index in [0.717, 1.165) is 18.7 Å². The molecule has 3 aromatic carbocycles. The number of benzene rings is 3. The van der Waals surface area contributed by atoms with Gasteiger partial charge in [-0.2, -0.15) is 4.98 Å². The maximum absolute atomic E-state index is 14.2. The van der Waals surface area contributed by atoms with Crippen LogP contribution in [0.2, 0.25) is 5.02 Å². The van der Waals surface area contributed by atoms with Crippen LogP contribution in [0.4, 0.5) is 4.39 Å². The Morgan fingerprint density at radius 2 is 1.77 bits per heavy atom. The highest BCUT2D eigenvalue weighted by molar-refractivity contribution is 6.33. The molecule has 8 heteroatoms. The van der Waals surface area contributed by atoms with Crippen LogP contribution in [0.15, 0.2) is 65.2 Å². The number of halogens is 2. The lowest BCUT2D eigenvalue weighted by Gasteiger charge is -2.39. The fourth-order valence-electron chi connectivity index (χ4n) is 4.91. The molecule has 0 unspecified atom stereocenters. The van der Waals surface area contributed by atoms with Crippen molar-refractivity contribution in [3.8, 4) is 34.0 Å². The Balaban J connectivity index is 1.20. The molecule has 6 nitrogen and oxygen atoms in total. The van der Waals surface area contributed by atoms with Gasteiger partial charge in [-0.05, 0) is 48.2 Å². The molecule has 0 amide bonds. The number of hydrogen-bond acceptors (Lipinski definition) is 5. The lowest BCUT2D eigenvalue weighted by Crippen LogP contribution is -2.44. The van der Waals surface area contributed by atoms with Crippen LogP contribution >= 0.6 is 11.6 Å². The highest BCUT2D eigenvalue weighted by Gasteiger charge is 2.39. The molecule has 0 atom stereocenters. The van der Waals surface area contributed by atoms with Gasteiger partial charge < -0.3 is 9.63 Å². The summed E-state index contributed by atoms with van der Waals surface area (Å²) in [7, 11) is 0. The number of carboxylic acid groups (broad SMARTS) is 1. The highest BCUT2D eigenvalue weighted by Crippen LogP contribution is 2.38. The molecule has 0 saturated heterocycles. The van der Waals surface area contributed by atoms with Crippen molar-refractivity contribution in [2.75, 3.05) is 0 Å². The largest absolute Gasteiger partial charge is 0.481 e. The molecule has 4 aromatic rings. The molecule has 6 rings (SSSR count). The summed E-state index contributed by atoms with van der Waals surface area (Å²) in [6, 6.07) is 18.2. The van der Waals surface area contributed by atoms with E-state index in [2.05, 4.69) is 27.2 Å². The van der Waals surface area contributed by atoms with Crippen LogP contribution in [0.3, 0.4) is 0 Å². The Hall–Kier alpha value is -3.55. The number of nitrogens with zero attached hydrogens (tertiary/aromatic N) is 3. The van der Waals surface area contributed by atoms with Gasteiger partial charge in [-0.25, -0.2) is 4.39 Å². The van der Waals surface area contributed by atoms with E-state index < -0.39 is 5.97 Å². The lowest BCUT2D eigenvalue weighted by atomic mass is 9.79. The summed E-state index contributed by atoms with van der Waals surface area (Å²) < 4.78 is 19.7. The van der Waals surface area contributed by atoms with Gasteiger partial charge in [-0.1, -0.05) is 53.2 Å². The number of fused-ring (bicyclic) bond motifs is 1. The summed E-state index contributed by atoms with van der Waals surface area (Å²) in [4.78, 5) is 18.0. The van der Waals surface area contributed by atoms with Crippen LogP contribution < -0.4 is 0 Å². The first-order valence-electron chi connectivity index (χ1n) is 11.4. The lowest BCUT2D eigenvalue weighted by molar-refractivity contribution is -0.147. The number of rotatable bonds is 5. The average molecular weight is 490 g/mol. The van der Waals surface area contributed by atoms with Crippen LogP contribution in [0, 0.1) is 11.7 Å². The van der Waals surface area contributed by atoms with E-state index >= 15 is 0 Å². The maximum Gasteiger partial charge on any atom is 0.306 e. The molecule has 0 spiro atoms. The maximum atomic E-state index is 14.2. The van der Waals surface area contributed by atoms with E-state index in [1.165, 1.54) is 17.2 Å². The van der Waals surface area contributed by atoms with E-state index in [4.69, 9.17) is 21.2 Å². The minimum atomic E-state index is -0.698. The molecule has 2 aliphatic rings. The zero-order valence-corrected chi connectivity index (χ0v) is 19.4. The Labute approximate surface area is 206 Å². The quantitative estimate of drug-likeness (QED) is 0.368. The molecular weight excluding hydrogens is 469 g/mol. The smallest absolute Gasteiger partial charge is 0.306 e. The topological polar surface area (TPSA) is 79.5 Å². The molecule has 1 saturated carbocycles. The summed E-state index contributed by atoms with van der Waals surface area (Å²) in [6.07, 6.45) is 1.42. The Morgan fingerprint density at radius 1 is 1.00 bits per heavy atom. The van der Waals surface area contributed by atoms with E-state index in [-0.39, 0.29) is 11.7 Å². The summed E-state index contributed by atoms with van der Waals surface area (Å²) >= 11 is 6.46. The Kier molecular flexibility index (Phi) is 5.39. The van der Waals surface area contributed by atoms with Crippen molar-refractivity contribution in [2.24, 2.45) is 5.92 Å². The second kappa shape index (κ2) is 8.59. The zero-order valence-electron chi connectivity index (χ0n) is 18.6. The average Bonchev–Trinajstić information content (AvgIpc) is 3.45. The molecule has 35 heavy (non-hydrogen) atoms. The van der Waals surface area contributed by atoms with Crippen molar-refractivity contribution in [1.82, 2.24) is 15.0 Å². The van der Waals surface area contributed by atoms with Gasteiger partial charge in [0.1, 0.15) is 5.82 Å². The molecule has 0 bridgehead atoms. The van der Waals surface area contributed by atoms with Gasteiger partial charge in [0.15, 0.2) is 0 Å². The first-order chi connectivity index (χ1) is 17.0. The van der Waals surface area contributed by atoms with Gasteiger partial charge in [0.05, 0.1) is 5.92 Å². The van der Waals surface area contributed by atoms with Gasteiger partial charge in [0, 0.05) is 46.4 Å². The molecule has 1 aliphatic carbocycles. The second-order valence-electron chi connectivity index (χ2n) is 9.15. The van der Waals surface area contributed by atoms with Crippen LogP contribution in [0.1, 0.15) is 24.0 Å². The third-order valence-electron chi connectivity index (χ3n) is 7.00. The summed E-state index contributed by atoms with van der Waals surface area (Å²) in [5, 5.41) is 13.7. The Bertz CT molecular complexity index is 1450. The monoisotopic (exact) mass is 489 g/mol. The van der Waals surface area contributed by atoms with Crippen molar-refractivity contribution >= 4 is 17.6 Å². The standard InChI is InChI=1S/C27H21ClFN3O3/c28-23-12-16(7-8-21(23)22-3-1-2-4-24(22)29)26-30-25(31-35-26)15-5-6-17-13-32(14-19(17)9-15)20-10-18(11-20)27(33)34/h1-9,12,18,20H,10-11,13-14H2,(H,33,34). The van der Waals surface area contributed by atoms with Crippen LogP contribution in [-0.4, -0.2) is 32.2 Å². The predicted octanol–water partition coefficient (Wildman–Crippen LogP) is 6.04. The third-order valence-corrected chi connectivity index (χ3v) is 7.31. The van der Waals surface area contributed by atoms with Crippen LogP contribution in [-0.2, 0) is 17.9 Å². The zero-order chi connectivity index (χ0) is 24.1. The molecule has 1 aromatic heterocycles. The first-order valence-corrected chi connectivity index (χ1v) is 11.8. The first kappa shape index (κ1) is 21.9. The normalized spacial score (nSPS) is 19.4. The summed E-state index contributed by atoms with van der Waals surface area (Å²) in [5.41, 5.74) is 4.97. The van der Waals surface area contributed by atoms with Gasteiger partial charge >= 0.3 is 5.97 Å². The highest BCUT2D eigenvalue weighted by atomic mass is 35.5. The minimum Gasteiger partial charge on any atom is -0.481 e. The fraction of sp³-hybridized carbons (Fsp3) is 0.222. The molecule has 1 N–H and O–H groups in total. The number of aliphatic carboxylic acids is 1. The second-order valence-corrected chi connectivity index (χ2v) is 9.55. The van der Waals surface area contributed by atoms with E-state index in [9.17, 15) is 9.18 Å². The SMILES string of the molecule is O=C(O)C1CC(N2Cc3ccc(-c4noc(-c5ccc(-c6ccccc6F)c(Cl)c5)n4)cc3C2)C1. The number of hydrogen-bond donors (Lipinski definition) is 1. The minimum absolute atomic E-state index is 0.216. The van der Waals surface area contributed by atoms with Crippen molar-refractivity contribution in [2.45, 2.75) is 32.0 Å². The predicted molar refractivity (Wildman–Crippen MR) is 129 cm³/mol. The molecule has 2 heterocycles. The van der Waals surface area contributed by atoms with E-state index in [1.54, 1.807) is 36.4 Å². The van der Waals surface area contributed by atoms with Crippen molar-refractivity contribution in [3.63, 3.8) is 0 Å². The van der Waals surface area contributed by atoms with Crippen molar-refractivity contribution in [1.29, 1.82) is 0 Å². The molecule has 1 fully saturated rings. The molecule has 0 radical (unpaired) electrons. The third kappa shape index (κ3) is 4.00. The molecule has 1 aliphatic heterocycles. The van der Waals surface area contributed by atoms with Crippen molar-refractivity contribution in [3.05, 3.63) is 82.6 Å². The number of aromatic nitrogens is 2. The summed E-state index contributed by atoms with van der Waals surface area (Å²) in [6.45, 7) is 1.62. The van der Waals surface area contributed by atoms with Crippen LogP contribution in [0.25, 0.3) is 34.0 Å². The fourth-order valence-corrected chi connectivity index (χ4v) is 5.19. The Morgan fingerprint density at radius 3 is 2.54 bits per heavy atom. The van der Waals surface area contributed by atoms with Gasteiger partial charge in [-0.3, -0.25) is 9.69 Å². The van der Waals surface area contributed by atoms with Crippen LogP contribution in [0.5, 0.6) is 0 Å². The van der Waals surface area contributed by atoms with Crippen molar-refractivity contribution < 1.29 is 18.8 Å². The summed E-state index contributed by atoms with van der Waals surface area (Å²) in [5.74, 6) is -0.442. The van der Waals surface area contributed by atoms with Gasteiger partial charge in [0.2, 0.25) is 5.82 Å². The van der Waals surface area contributed by atoms with Gasteiger partial charge in [0.25, 0.3) is 5.89 Å². The van der Waals surface area contributed by atoms with Gasteiger partial charge in [-0.15, -0.1) is 0 Å². The number of carbonyl (C=O) groups is 1. The molecular formula is C27H21ClFN3O3.